The summed E-state index contributed by atoms with van der Waals surface area (Å²) in [4.78, 5) is 7.12. The minimum atomic E-state index is -3.59. The van der Waals surface area contributed by atoms with E-state index in [1.165, 1.54) is 0 Å². The fourth-order valence-electron chi connectivity index (χ4n) is 3.58. The Kier molecular flexibility index (Phi) is 4.87. The second-order valence-corrected chi connectivity index (χ2v) is 10.3. The third-order valence-corrected chi connectivity index (χ3v) is 7.99. The fraction of sp³-hybridized carbons (Fsp3) is 0.278. The van der Waals surface area contributed by atoms with Crippen molar-refractivity contribution in [1.82, 2.24) is 27.3 Å². The Morgan fingerprint density at radius 1 is 1.03 bits per heavy atom. The molecule has 1 saturated heterocycles. The Labute approximate surface area is 180 Å². The van der Waals surface area contributed by atoms with Gasteiger partial charge in [-0.25, -0.2) is 13.4 Å². The quantitative estimate of drug-likeness (QED) is 0.435. The van der Waals surface area contributed by atoms with Crippen molar-refractivity contribution in [2.75, 3.05) is 26.2 Å². The zero-order chi connectivity index (χ0) is 20.0. The number of benzene rings is 1. The molecule has 0 unspecified atom stereocenters. The lowest BCUT2D eigenvalue weighted by atomic mass is 10.3. The first kappa shape index (κ1) is 19.1. The fourth-order valence-corrected chi connectivity index (χ4v) is 6.11. The molecule has 0 spiro atoms. The van der Waals surface area contributed by atoms with Crippen LogP contribution in [0.2, 0.25) is 0 Å². The van der Waals surface area contributed by atoms with Crippen LogP contribution in [0.5, 0.6) is 0 Å². The van der Waals surface area contributed by atoms with Crippen LogP contribution in [0.25, 0.3) is 16.7 Å². The number of sulfonamides is 1. The van der Waals surface area contributed by atoms with Gasteiger partial charge in [0.15, 0.2) is 0 Å². The summed E-state index contributed by atoms with van der Waals surface area (Å²) in [5, 5.41) is 0. The van der Waals surface area contributed by atoms with Gasteiger partial charge < -0.3 is 4.40 Å². The number of hydrogen-bond donors (Lipinski definition) is 0. The van der Waals surface area contributed by atoms with Gasteiger partial charge in [-0.1, -0.05) is 6.07 Å². The molecule has 150 valence electrons. The van der Waals surface area contributed by atoms with Gasteiger partial charge in [-0.2, -0.15) is 13.1 Å². The molecule has 1 aliphatic heterocycles. The number of pyridine rings is 1. The number of nitrogens with zero attached hydrogens (tertiary/aromatic N) is 6. The van der Waals surface area contributed by atoms with Crippen LogP contribution in [0.15, 0.2) is 52.1 Å². The van der Waals surface area contributed by atoms with E-state index in [-0.39, 0.29) is 4.90 Å². The van der Waals surface area contributed by atoms with E-state index < -0.39 is 10.0 Å². The van der Waals surface area contributed by atoms with Crippen molar-refractivity contribution in [3.8, 4) is 0 Å². The topological polar surface area (TPSA) is 83.7 Å². The van der Waals surface area contributed by atoms with Crippen molar-refractivity contribution in [1.29, 1.82) is 0 Å². The van der Waals surface area contributed by atoms with Gasteiger partial charge in [-0.05, 0) is 40.2 Å². The molecule has 11 heteroatoms. The average molecular weight is 493 g/mol. The molecule has 29 heavy (non-hydrogen) atoms. The van der Waals surface area contributed by atoms with Crippen molar-refractivity contribution < 1.29 is 8.42 Å². The molecule has 0 radical (unpaired) electrons. The van der Waals surface area contributed by atoms with Gasteiger partial charge >= 0.3 is 0 Å². The van der Waals surface area contributed by atoms with Crippen molar-refractivity contribution in [2.24, 2.45) is 0 Å². The molecule has 0 saturated carbocycles. The van der Waals surface area contributed by atoms with Gasteiger partial charge in [0.05, 0.1) is 17.4 Å². The van der Waals surface area contributed by atoms with Gasteiger partial charge in [0, 0.05) is 49.6 Å². The number of rotatable bonds is 4. The maximum Gasteiger partial charge on any atom is 0.245 e. The van der Waals surface area contributed by atoms with E-state index in [2.05, 4.69) is 34.6 Å². The highest BCUT2D eigenvalue weighted by Crippen LogP contribution is 2.25. The largest absolute Gasteiger partial charge is 0.306 e. The van der Waals surface area contributed by atoms with Crippen LogP contribution in [0.4, 0.5) is 0 Å². The summed E-state index contributed by atoms with van der Waals surface area (Å²) in [5.74, 6) is 0. The predicted octanol–water partition coefficient (Wildman–Crippen LogP) is 2.61. The van der Waals surface area contributed by atoms with Gasteiger partial charge in [-0.15, -0.1) is 0 Å². The maximum atomic E-state index is 13.1. The first-order valence-electron chi connectivity index (χ1n) is 9.08. The monoisotopic (exact) mass is 492 g/mol. The van der Waals surface area contributed by atoms with E-state index >= 15 is 0 Å². The SMILES string of the molecule is O=S(=O)(c1cccc2nsnc12)N1CCN(Cc2cn3cc(Br)ccc3n2)CC1. The molecular weight excluding hydrogens is 476 g/mol. The summed E-state index contributed by atoms with van der Waals surface area (Å²) in [5.41, 5.74) is 2.94. The minimum absolute atomic E-state index is 0.239. The van der Waals surface area contributed by atoms with Crippen molar-refractivity contribution in [3.63, 3.8) is 0 Å². The van der Waals surface area contributed by atoms with Crippen LogP contribution in [0.3, 0.4) is 0 Å². The third-order valence-electron chi connectivity index (χ3n) is 5.05. The van der Waals surface area contributed by atoms with Gasteiger partial charge in [0.2, 0.25) is 10.0 Å². The summed E-state index contributed by atoms with van der Waals surface area (Å²) in [7, 11) is -3.59. The molecule has 0 N–H and O–H groups in total. The molecule has 0 amide bonds. The van der Waals surface area contributed by atoms with Crippen LogP contribution in [0, 0.1) is 0 Å². The van der Waals surface area contributed by atoms with Crippen molar-refractivity contribution in [2.45, 2.75) is 11.4 Å². The molecule has 1 aromatic carbocycles. The molecule has 0 aliphatic carbocycles. The zero-order valence-corrected chi connectivity index (χ0v) is 18.5. The summed E-state index contributed by atoms with van der Waals surface area (Å²) in [6, 6.07) is 9.04. The highest BCUT2D eigenvalue weighted by Gasteiger charge is 2.30. The first-order chi connectivity index (χ1) is 14.0. The van der Waals surface area contributed by atoms with Crippen LogP contribution >= 0.6 is 27.7 Å². The molecule has 4 aromatic rings. The lowest BCUT2D eigenvalue weighted by Crippen LogP contribution is -2.48. The van der Waals surface area contributed by atoms with E-state index in [0.29, 0.717) is 43.8 Å². The van der Waals surface area contributed by atoms with E-state index in [1.807, 2.05) is 28.9 Å². The summed E-state index contributed by atoms with van der Waals surface area (Å²) >= 11 is 4.50. The molecule has 3 aromatic heterocycles. The van der Waals surface area contributed by atoms with Crippen LogP contribution < -0.4 is 0 Å². The van der Waals surface area contributed by atoms with E-state index in [9.17, 15) is 8.42 Å². The highest BCUT2D eigenvalue weighted by molar-refractivity contribution is 9.10. The minimum Gasteiger partial charge on any atom is -0.306 e. The Morgan fingerprint density at radius 2 is 1.86 bits per heavy atom. The lowest BCUT2D eigenvalue weighted by Gasteiger charge is -2.33. The Morgan fingerprint density at radius 3 is 2.69 bits per heavy atom. The van der Waals surface area contributed by atoms with Gasteiger partial charge in [0.25, 0.3) is 0 Å². The zero-order valence-electron chi connectivity index (χ0n) is 15.3. The standard InChI is InChI=1S/C18H17BrN6O2S2/c19-13-4-5-17-20-14(12-24(17)10-13)11-23-6-8-25(9-7-23)29(26,27)16-3-1-2-15-18(16)22-28-21-15/h1-5,10,12H,6-9,11H2. The van der Waals surface area contributed by atoms with Crippen molar-refractivity contribution >= 4 is 54.4 Å². The molecular formula is C18H17BrN6O2S2. The van der Waals surface area contributed by atoms with E-state index in [1.54, 1.807) is 22.5 Å². The van der Waals surface area contributed by atoms with E-state index in [4.69, 9.17) is 0 Å². The highest BCUT2D eigenvalue weighted by atomic mass is 79.9. The Bertz CT molecular complexity index is 1290. The van der Waals surface area contributed by atoms with Gasteiger partial charge in [0.1, 0.15) is 21.6 Å². The summed E-state index contributed by atoms with van der Waals surface area (Å²) < 4.78 is 39.1. The number of aromatic nitrogens is 4. The molecule has 1 aliphatic rings. The third kappa shape index (κ3) is 3.57. The normalized spacial score (nSPS) is 16.7. The first-order valence-corrected chi connectivity index (χ1v) is 12.0. The number of piperazine rings is 1. The molecule has 0 atom stereocenters. The second-order valence-electron chi connectivity index (χ2n) is 6.91. The average Bonchev–Trinajstić information content (AvgIpc) is 3.34. The molecule has 5 rings (SSSR count). The molecule has 0 bridgehead atoms. The Balaban J connectivity index is 1.30. The number of halogens is 1. The van der Waals surface area contributed by atoms with Crippen LogP contribution in [-0.4, -0.2) is 61.9 Å². The van der Waals surface area contributed by atoms with Gasteiger partial charge in [-0.3, -0.25) is 4.90 Å². The molecule has 4 heterocycles. The van der Waals surface area contributed by atoms with E-state index in [0.717, 1.165) is 27.5 Å². The number of hydrogen-bond acceptors (Lipinski definition) is 7. The lowest BCUT2D eigenvalue weighted by molar-refractivity contribution is 0.180. The van der Waals surface area contributed by atoms with Crippen LogP contribution in [0.1, 0.15) is 5.69 Å². The summed E-state index contributed by atoms with van der Waals surface area (Å²) in [6.07, 6.45) is 3.99. The Hall–Kier alpha value is -1.92. The maximum absolute atomic E-state index is 13.1. The second kappa shape index (κ2) is 7.40. The molecule has 1 fully saturated rings. The molecule has 8 nitrogen and oxygen atoms in total. The van der Waals surface area contributed by atoms with Crippen LogP contribution in [-0.2, 0) is 16.6 Å². The van der Waals surface area contributed by atoms with Crippen molar-refractivity contribution in [3.05, 3.63) is 52.9 Å². The number of fused-ring (bicyclic) bond motifs is 2. The smallest absolute Gasteiger partial charge is 0.245 e. The number of imidazole rings is 1. The summed E-state index contributed by atoms with van der Waals surface area (Å²) in [6.45, 7) is 2.88. The predicted molar refractivity (Wildman–Crippen MR) is 114 cm³/mol.